The van der Waals surface area contributed by atoms with Gasteiger partial charge in [-0.2, -0.15) is 0 Å². The first-order chi connectivity index (χ1) is 6.00. The van der Waals surface area contributed by atoms with Gasteiger partial charge in [0, 0.05) is 4.47 Å². The van der Waals surface area contributed by atoms with Crippen molar-refractivity contribution in [2.24, 2.45) is 5.73 Å². The molecule has 1 aromatic carbocycles. The van der Waals surface area contributed by atoms with E-state index in [-0.39, 0.29) is 5.75 Å². The molecule has 0 fully saturated rings. The second-order valence-electron chi connectivity index (χ2n) is 2.45. The molecule has 0 aliphatic carbocycles. The Hall–Kier alpha value is -1.10. The summed E-state index contributed by atoms with van der Waals surface area (Å²) >= 11 is 3.17. The van der Waals surface area contributed by atoms with Gasteiger partial charge in [-0.05, 0) is 24.6 Å². The standard InChI is InChI=1S/C8H7BrFNO2/c1-4-2-6(10)7(3-5(4)9)13-8(11)12/h2-3H,1H3,(H2,11,12). The molecule has 2 N–H and O–H groups in total. The van der Waals surface area contributed by atoms with E-state index in [1.165, 1.54) is 12.1 Å². The number of nitrogens with two attached hydrogens (primary N) is 1. The summed E-state index contributed by atoms with van der Waals surface area (Å²) in [4.78, 5) is 10.3. The van der Waals surface area contributed by atoms with Gasteiger partial charge in [-0.15, -0.1) is 0 Å². The Balaban J connectivity index is 3.08. The number of carbonyl (C=O) groups is 1. The van der Waals surface area contributed by atoms with Crippen molar-refractivity contribution in [3.63, 3.8) is 0 Å². The Morgan fingerprint density at radius 1 is 1.62 bits per heavy atom. The second kappa shape index (κ2) is 3.74. The number of rotatable bonds is 1. The summed E-state index contributed by atoms with van der Waals surface area (Å²) in [7, 11) is 0. The lowest BCUT2D eigenvalue weighted by Crippen LogP contribution is -2.17. The number of ether oxygens (including phenoxy) is 1. The number of halogens is 2. The average Bonchev–Trinajstić information content (AvgIpc) is 1.99. The molecule has 3 nitrogen and oxygen atoms in total. The number of amides is 1. The smallest absolute Gasteiger partial charge is 0.407 e. The van der Waals surface area contributed by atoms with Crippen molar-refractivity contribution >= 4 is 22.0 Å². The third kappa shape index (κ3) is 2.42. The van der Waals surface area contributed by atoms with Crippen LogP contribution < -0.4 is 10.5 Å². The first kappa shape index (κ1) is 9.98. The number of primary amides is 1. The molecule has 1 amide bonds. The molecule has 0 heterocycles. The van der Waals surface area contributed by atoms with Gasteiger partial charge in [0.15, 0.2) is 11.6 Å². The SMILES string of the molecule is Cc1cc(F)c(OC(N)=O)cc1Br. The lowest BCUT2D eigenvalue weighted by molar-refractivity contribution is 0.208. The van der Waals surface area contributed by atoms with Gasteiger partial charge in [0.25, 0.3) is 0 Å². The molecular weight excluding hydrogens is 241 g/mol. The van der Waals surface area contributed by atoms with Crippen molar-refractivity contribution in [1.82, 2.24) is 0 Å². The van der Waals surface area contributed by atoms with Crippen LogP contribution in [0.1, 0.15) is 5.56 Å². The fourth-order valence-electron chi connectivity index (χ4n) is 0.815. The second-order valence-corrected chi connectivity index (χ2v) is 3.31. The van der Waals surface area contributed by atoms with E-state index in [2.05, 4.69) is 20.7 Å². The quantitative estimate of drug-likeness (QED) is 0.829. The first-order valence-electron chi connectivity index (χ1n) is 3.43. The normalized spacial score (nSPS) is 9.77. The van der Waals surface area contributed by atoms with Gasteiger partial charge in [0.05, 0.1) is 0 Å². The molecule has 0 aromatic heterocycles. The molecule has 5 heteroatoms. The molecule has 0 atom stereocenters. The van der Waals surface area contributed by atoms with Crippen molar-refractivity contribution < 1.29 is 13.9 Å². The molecule has 0 spiro atoms. The molecule has 0 saturated heterocycles. The third-order valence-electron chi connectivity index (χ3n) is 1.42. The van der Waals surface area contributed by atoms with Crippen molar-refractivity contribution in [2.45, 2.75) is 6.92 Å². The molecule has 1 rings (SSSR count). The highest BCUT2D eigenvalue weighted by Gasteiger charge is 2.08. The number of benzene rings is 1. The molecule has 13 heavy (non-hydrogen) atoms. The number of carbonyl (C=O) groups excluding carboxylic acids is 1. The van der Waals surface area contributed by atoms with Gasteiger partial charge < -0.3 is 10.5 Å². The Bertz CT molecular complexity index is 354. The van der Waals surface area contributed by atoms with Crippen molar-refractivity contribution in [3.05, 3.63) is 28.0 Å². The van der Waals surface area contributed by atoms with E-state index >= 15 is 0 Å². The van der Waals surface area contributed by atoms with Crippen LogP contribution >= 0.6 is 15.9 Å². The Morgan fingerprint density at radius 3 is 2.77 bits per heavy atom. The Labute approximate surface area is 82.8 Å². The molecular formula is C8H7BrFNO2. The highest BCUT2D eigenvalue weighted by atomic mass is 79.9. The van der Waals surface area contributed by atoms with E-state index in [9.17, 15) is 9.18 Å². The maximum absolute atomic E-state index is 13.0. The zero-order valence-corrected chi connectivity index (χ0v) is 8.39. The minimum atomic E-state index is -1.03. The molecule has 0 saturated carbocycles. The topological polar surface area (TPSA) is 52.3 Å². The monoisotopic (exact) mass is 247 g/mol. The van der Waals surface area contributed by atoms with Crippen LogP contribution in [0, 0.1) is 12.7 Å². The van der Waals surface area contributed by atoms with Crippen LogP contribution in [-0.4, -0.2) is 6.09 Å². The van der Waals surface area contributed by atoms with Crippen molar-refractivity contribution in [1.29, 1.82) is 0 Å². The fourth-order valence-corrected chi connectivity index (χ4v) is 1.14. The number of hydrogen-bond donors (Lipinski definition) is 1. The van der Waals surface area contributed by atoms with Crippen molar-refractivity contribution in [2.75, 3.05) is 0 Å². The van der Waals surface area contributed by atoms with Gasteiger partial charge in [0.1, 0.15) is 0 Å². The van der Waals surface area contributed by atoms with Crippen LogP contribution in [0.25, 0.3) is 0 Å². The first-order valence-corrected chi connectivity index (χ1v) is 4.23. The molecule has 70 valence electrons. The largest absolute Gasteiger partial charge is 0.410 e. The molecule has 0 bridgehead atoms. The lowest BCUT2D eigenvalue weighted by Gasteiger charge is -2.04. The molecule has 0 aliphatic rings. The predicted octanol–water partition coefficient (Wildman–Crippen LogP) is 2.35. The Morgan fingerprint density at radius 2 is 2.23 bits per heavy atom. The van der Waals surface area contributed by atoms with Crippen LogP contribution in [0.4, 0.5) is 9.18 Å². The van der Waals surface area contributed by atoms with Gasteiger partial charge in [0.2, 0.25) is 0 Å². The number of hydrogen-bond acceptors (Lipinski definition) is 2. The zero-order valence-electron chi connectivity index (χ0n) is 6.80. The van der Waals surface area contributed by atoms with Crippen LogP contribution in [0.2, 0.25) is 0 Å². The van der Waals surface area contributed by atoms with E-state index in [1.54, 1.807) is 6.92 Å². The van der Waals surface area contributed by atoms with Crippen molar-refractivity contribution in [3.8, 4) is 5.75 Å². The number of aryl methyl sites for hydroxylation is 1. The molecule has 0 aliphatic heterocycles. The average molecular weight is 248 g/mol. The summed E-state index contributed by atoms with van der Waals surface area (Å²) in [6, 6.07) is 2.61. The van der Waals surface area contributed by atoms with E-state index in [4.69, 9.17) is 5.73 Å². The van der Waals surface area contributed by atoms with Gasteiger partial charge in [-0.25, -0.2) is 9.18 Å². The summed E-state index contributed by atoms with van der Waals surface area (Å²) in [5.41, 5.74) is 5.46. The van der Waals surface area contributed by atoms with Crippen LogP contribution in [0.5, 0.6) is 5.75 Å². The summed E-state index contributed by atoms with van der Waals surface area (Å²) in [6.07, 6.45) is -1.03. The summed E-state index contributed by atoms with van der Waals surface area (Å²) in [5, 5.41) is 0. The van der Waals surface area contributed by atoms with Gasteiger partial charge >= 0.3 is 6.09 Å². The minimum Gasteiger partial charge on any atom is -0.407 e. The third-order valence-corrected chi connectivity index (χ3v) is 2.28. The lowest BCUT2D eigenvalue weighted by atomic mass is 10.2. The summed E-state index contributed by atoms with van der Waals surface area (Å²) < 4.78 is 18.1. The highest BCUT2D eigenvalue weighted by Crippen LogP contribution is 2.25. The van der Waals surface area contributed by atoms with Crippen LogP contribution in [0.15, 0.2) is 16.6 Å². The molecule has 1 aromatic rings. The zero-order chi connectivity index (χ0) is 10.0. The molecule has 0 radical (unpaired) electrons. The maximum atomic E-state index is 13.0. The van der Waals surface area contributed by atoms with Gasteiger partial charge in [-0.1, -0.05) is 15.9 Å². The van der Waals surface area contributed by atoms with E-state index in [0.717, 1.165) is 0 Å². The maximum Gasteiger partial charge on any atom is 0.410 e. The minimum absolute atomic E-state index is 0.176. The van der Waals surface area contributed by atoms with E-state index < -0.39 is 11.9 Å². The van der Waals surface area contributed by atoms with E-state index in [0.29, 0.717) is 10.0 Å². The predicted molar refractivity (Wildman–Crippen MR) is 49.0 cm³/mol. The van der Waals surface area contributed by atoms with Gasteiger partial charge in [-0.3, -0.25) is 0 Å². The fraction of sp³-hybridized carbons (Fsp3) is 0.125. The van der Waals surface area contributed by atoms with E-state index in [1.807, 2.05) is 0 Å². The summed E-state index contributed by atoms with van der Waals surface area (Å²) in [5.74, 6) is -0.788. The highest BCUT2D eigenvalue weighted by molar-refractivity contribution is 9.10. The van der Waals surface area contributed by atoms with Crippen LogP contribution in [-0.2, 0) is 0 Å². The molecule has 0 unspecified atom stereocenters. The Kier molecular flexibility index (Phi) is 2.87. The summed E-state index contributed by atoms with van der Waals surface area (Å²) in [6.45, 7) is 1.72. The van der Waals surface area contributed by atoms with Crippen LogP contribution in [0.3, 0.4) is 0 Å².